The van der Waals surface area contributed by atoms with E-state index in [1.54, 1.807) is 30.5 Å². The number of carbonyl (C=O) groups excluding carboxylic acids is 1. The lowest BCUT2D eigenvalue weighted by molar-refractivity contribution is -0.118. The third-order valence-corrected chi connectivity index (χ3v) is 5.11. The Kier molecular flexibility index (Phi) is 6.91. The number of rotatable bonds is 6. The summed E-state index contributed by atoms with van der Waals surface area (Å²) in [6, 6.07) is 18.3. The van der Waals surface area contributed by atoms with Gasteiger partial charge in [-0.1, -0.05) is 35.3 Å². The number of benzene rings is 3. The van der Waals surface area contributed by atoms with Crippen molar-refractivity contribution in [3.63, 3.8) is 0 Å². The number of aliphatic imine (C=N–C) groups is 1. The van der Waals surface area contributed by atoms with Crippen LogP contribution in [0.3, 0.4) is 0 Å². The van der Waals surface area contributed by atoms with E-state index in [1.807, 2.05) is 50.2 Å². The molecule has 0 spiro atoms. The minimum absolute atomic E-state index is 0.0966. The summed E-state index contributed by atoms with van der Waals surface area (Å²) in [5.41, 5.74) is 4.26. The number of ether oxygens (including phenoxy) is 1. The Hall–Kier alpha value is -2.82. The molecule has 29 heavy (non-hydrogen) atoms. The smallest absolute Gasteiger partial charge is 0.262 e. The highest BCUT2D eigenvalue weighted by Crippen LogP contribution is 2.25. The van der Waals surface area contributed by atoms with Crippen LogP contribution in [-0.4, -0.2) is 18.7 Å². The SMILES string of the molecule is Cc1ccc(NC(=O)COc2ccc(C=Nc3cccc(Cl)c3C)cc2)cc1Cl. The van der Waals surface area contributed by atoms with Crippen LogP contribution in [-0.2, 0) is 4.79 Å². The topological polar surface area (TPSA) is 50.7 Å². The molecule has 1 N–H and O–H groups in total. The zero-order chi connectivity index (χ0) is 20.8. The summed E-state index contributed by atoms with van der Waals surface area (Å²) in [7, 11) is 0. The molecule has 3 aromatic rings. The molecule has 0 aliphatic heterocycles. The van der Waals surface area contributed by atoms with Crippen LogP contribution in [0.1, 0.15) is 16.7 Å². The Balaban J connectivity index is 1.55. The molecule has 0 fully saturated rings. The monoisotopic (exact) mass is 426 g/mol. The largest absolute Gasteiger partial charge is 0.484 e. The lowest BCUT2D eigenvalue weighted by Crippen LogP contribution is -2.20. The van der Waals surface area contributed by atoms with Gasteiger partial charge in [0.05, 0.1) is 5.69 Å². The van der Waals surface area contributed by atoms with Crippen LogP contribution in [0, 0.1) is 13.8 Å². The van der Waals surface area contributed by atoms with Crippen molar-refractivity contribution in [3.05, 3.63) is 87.4 Å². The standard InChI is InChI=1S/C23H20Cl2N2O2/c1-15-6-9-18(12-21(15)25)27-23(28)14-29-19-10-7-17(8-11-19)13-26-22-5-3-4-20(24)16(22)2/h3-13H,14H2,1-2H3,(H,27,28). The van der Waals surface area contributed by atoms with Crippen molar-refractivity contribution in [2.75, 3.05) is 11.9 Å². The summed E-state index contributed by atoms with van der Waals surface area (Å²) >= 11 is 12.2. The number of amides is 1. The van der Waals surface area contributed by atoms with E-state index < -0.39 is 0 Å². The van der Waals surface area contributed by atoms with Crippen molar-refractivity contribution in [1.82, 2.24) is 0 Å². The van der Waals surface area contributed by atoms with Crippen LogP contribution in [0.25, 0.3) is 0 Å². The predicted octanol–water partition coefficient (Wildman–Crippen LogP) is 6.38. The molecule has 0 heterocycles. The van der Waals surface area contributed by atoms with Crippen LogP contribution in [0.15, 0.2) is 65.7 Å². The quantitative estimate of drug-likeness (QED) is 0.464. The summed E-state index contributed by atoms with van der Waals surface area (Å²) in [6.45, 7) is 3.74. The summed E-state index contributed by atoms with van der Waals surface area (Å²) in [5, 5.41) is 4.05. The average Bonchev–Trinajstić information content (AvgIpc) is 2.71. The third-order valence-electron chi connectivity index (χ3n) is 4.30. The van der Waals surface area contributed by atoms with E-state index >= 15 is 0 Å². The normalized spacial score (nSPS) is 10.9. The van der Waals surface area contributed by atoms with Crippen LogP contribution in [0.4, 0.5) is 11.4 Å². The number of nitrogens with zero attached hydrogens (tertiary/aromatic N) is 1. The van der Waals surface area contributed by atoms with Gasteiger partial charge in [0.1, 0.15) is 5.75 Å². The predicted molar refractivity (Wildman–Crippen MR) is 120 cm³/mol. The number of hydrogen-bond acceptors (Lipinski definition) is 3. The van der Waals surface area contributed by atoms with Gasteiger partial charge in [0.2, 0.25) is 0 Å². The van der Waals surface area contributed by atoms with Crippen LogP contribution >= 0.6 is 23.2 Å². The van der Waals surface area contributed by atoms with Gasteiger partial charge in [-0.2, -0.15) is 0 Å². The van der Waals surface area contributed by atoms with Gasteiger partial charge in [-0.15, -0.1) is 0 Å². The zero-order valence-corrected chi connectivity index (χ0v) is 17.6. The van der Waals surface area contributed by atoms with Gasteiger partial charge in [-0.05, 0) is 79.1 Å². The summed E-state index contributed by atoms with van der Waals surface area (Å²) in [5.74, 6) is 0.338. The van der Waals surface area contributed by atoms with Gasteiger partial charge in [0, 0.05) is 21.9 Å². The Morgan fingerprint density at radius 2 is 1.79 bits per heavy atom. The highest BCUT2D eigenvalue weighted by Gasteiger charge is 2.05. The van der Waals surface area contributed by atoms with Crippen molar-refractivity contribution < 1.29 is 9.53 Å². The van der Waals surface area contributed by atoms with E-state index in [-0.39, 0.29) is 12.5 Å². The fraction of sp³-hybridized carbons (Fsp3) is 0.130. The first-order valence-electron chi connectivity index (χ1n) is 9.00. The molecule has 0 bridgehead atoms. The minimum Gasteiger partial charge on any atom is -0.484 e. The molecule has 148 valence electrons. The second-order valence-electron chi connectivity index (χ2n) is 6.51. The van der Waals surface area contributed by atoms with E-state index in [0.29, 0.717) is 21.5 Å². The van der Waals surface area contributed by atoms with Gasteiger partial charge in [-0.3, -0.25) is 9.79 Å². The van der Waals surface area contributed by atoms with Crippen molar-refractivity contribution in [2.45, 2.75) is 13.8 Å². The number of halogens is 2. The molecule has 0 saturated heterocycles. The molecule has 1 amide bonds. The minimum atomic E-state index is -0.257. The molecule has 0 saturated carbocycles. The van der Waals surface area contributed by atoms with Crippen molar-refractivity contribution in [1.29, 1.82) is 0 Å². The van der Waals surface area contributed by atoms with Gasteiger partial charge in [-0.25, -0.2) is 0 Å². The second-order valence-corrected chi connectivity index (χ2v) is 7.33. The van der Waals surface area contributed by atoms with E-state index in [2.05, 4.69) is 10.3 Å². The zero-order valence-electron chi connectivity index (χ0n) is 16.1. The van der Waals surface area contributed by atoms with Crippen molar-refractivity contribution in [3.8, 4) is 5.75 Å². The van der Waals surface area contributed by atoms with Crippen molar-refractivity contribution >= 4 is 46.7 Å². The fourth-order valence-electron chi connectivity index (χ4n) is 2.55. The summed E-state index contributed by atoms with van der Waals surface area (Å²) < 4.78 is 5.54. The Morgan fingerprint density at radius 1 is 1.03 bits per heavy atom. The molecule has 0 aromatic heterocycles. The van der Waals surface area contributed by atoms with Gasteiger partial charge in [0.15, 0.2) is 6.61 Å². The van der Waals surface area contributed by atoms with Crippen LogP contribution < -0.4 is 10.1 Å². The number of aryl methyl sites for hydroxylation is 1. The summed E-state index contributed by atoms with van der Waals surface area (Å²) in [4.78, 5) is 16.5. The molecular formula is C23H20Cl2N2O2. The van der Waals surface area contributed by atoms with Crippen LogP contribution in [0.2, 0.25) is 10.0 Å². The van der Waals surface area contributed by atoms with E-state index in [9.17, 15) is 4.79 Å². The highest BCUT2D eigenvalue weighted by atomic mass is 35.5. The Bertz CT molecular complexity index is 1050. The highest BCUT2D eigenvalue weighted by molar-refractivity contribution is 6.32. The number of anilines is 1. The molecule has 0 radical (unpaired) electrons. The average molecular weight is 427 g/mol. The molecule has 0 unspecified atom stereocenters. The molecule has 0 aliphatic carbocycles. The lowest BCUT2D eigenvalue weighted by atomic mass is 10.2. The summed E-state index contributed by atoms with van der Waals surface area (Å²) in [6.07, 6.45) is 1.76. The molecule has 6 heteroatoms. The van der Waals surface area contributed by atoms with Crippen molar-refractivity contribution in [2.24, 2.45) is 4.99 Å². The number of carbonyl (C=O) groups is 1. The van der Waals surface area contributed by atoms with Gasteiger partial charge in [0.25, 0.3) is 5.91 Å². The van der Waals surface area contributed by atoms with Gasteiger partial charge >= 0.3 is 0 Å². The Morgan fingerprint density at radius 3 is 2.52 bits per heavy atom. The van der Waals surface area contributed by atoms with E-state index in [1.165, 1.54) is 0 Å². The van der Waals surface area contributed by atoms with Gasteiger partial charge < -0.3 is 10.1 Å². The molecule has 0 atom stereocenters. The number of nitrogens with one attached hydrogen (secondary N) is 1. The lowest BCUT2D eigenvalue weighted by Gasteiger charge is -2.09. The number of hydrogen-bond donors (Lipinski definition) is 1. The maximum absolute atomic E-state index is 12.1. The van der Waals surface area contributed by atoms with E-state index in [0.717, 1.165) is 22.4 Å². The molecule has 3 rings (SSSR count). The van der Waals surface area contributed by atoms with Crippen LogP contribution in [0.5, 0.6) is 5.75 Å². The maximum atomic E-state index is 12.1. The first-order valence-corrected chi connectivity index (χ1v) is 9.76. The molecular weight excluding hydrogens is 407 g/mol. The third kappa shape index (κ3) is 5.83. The first-order chi connectivity index (χ1) is 13.9. The molecule has 0 aliphatic rings. The Labute approximate surface area is 180 Å². The van der Waals surface area contributed by atoms with E-state index in [4.69, 9.17) is 27.9 Å². The first kappa shape index (κ1) is 20.9. The fourth-order valence-corrected chi connectivity index (χ4v) is 2.90. The second kappa shape index (κ2) is 9.59. The molecule has 4 nitrogen and oxygen atoms in total. The maximum Gasteiger partial charge on any atom is 0.262 e. The molecule has 3 aromatic carbocycles.